The summed E-state index contributed by atoms with van der Waals surface area (Å²) in [5.41, 5.74) is 3.60. The summed E-state index contributed by atoms with van der Waals surface area (Å²) in [7, 11) is 1.60. The van der Waals surface area contributed by atoms with Gasteiger partial charge in [0.2, 0.25) is 0 Å². The highest BCUT2D eigenvalue weighted by Crippen LogP contribution is 2.18. The number of nitrogens with zero attached hydrogens (tertiary/aromatic N) is 6. The Morgan fingerprint density at radius 1 is 1.23 bits per heavy atom. The number of hydrogen-bond acceptors (Lipinski definition) is 7. The SMILES string of the molecule is CCC1=NC2N=CC(CN3CCN(c4ccc(C(=O)NC)nc4)CC3)=CC2=NC1=O. The topological polar surface area (TPSA) is 103 Å². The molecular formula is C21H25N7O2. The second-order valence-electron chi connectivity index (χ2n) is 7.39. The Morgan fingerprint density at radius 3 is 2.70 bits per heavy atom. The molecule has 1 aromatic heterocycles. The minimum absolute atomic E-state index is 0.183. The molecule has 2 amide bonds. The zero-order valence-corrected chi connectivity index (χ0v) is 17.2. The van der Waals surface area contributed by atoms with E-state index in [-0.39, 0.29) is 18.0 Å². The van der Waals surface area contributed by atoms with Crippen LogP contribution in [-0.4, -0.2) is 85.3 Å². The Kier molecular flexibility index (Phi) is 5.80. The van der Waals surface area contributed by atoms with E-state index in [1.165, 1.54) is 0 Å². The molecule has 1 N–H and O–H groups in total. The highest BCUT2D eigenvalue weighted by atomic mass is 16.2. The van der Waals surface area contributed by atoms with Crippen molar-refractivity contribution in [3.63, 3.8) is 0 Å². The third-order valence-corrected chi connectivity index (χ3v) is 5.42. The predicted octanol–water partition coefficient (Wildman–Crippen LogP) is 0.732. The predicted molar refractivity (Wildman–Crippen MR) is 117 cm³/mol. The Labute approximate surface area is 175 Å². The number of fused-ring (bicyclic) bond motifs is 1. The number of anilines is 1. The van der Waals surface area contributed by atoms with E-state index in [0.717, 1.165) is 44.0 Å². The van der Waals surface area contributed by atoms with Crippen LogP contribution >= 0.6 is 0 Å². The molecule has 1 atom stereocenters. The fourth-order valence-corrected chi connectivity index (χ4v) is 3.71. The number of hydrogen-bond donors (Lipinski definition) is 1. The first-order chi connectivity index (χ1) is 14.6. The highest BCUT2D eigenvalue weighted by molar-refractivity contribution is 6.43. The minimum Gasteiger partial charge on any atom is -0.368 e. The number of dihydropyridines is 1. The van der Waals surface area contributed by atoms with Gasteiger partial charge in [0.25, 0.3) is 11.8 Å². The lowest BCUT2D eigenvalue weighted by atomic mass is 10.1. The second-order valence-corrected chi connectivity index (χ2v) is 7.39. The number of carbonyl (C=O) groups is 2. The maximum Gasteiger partial charge on any atom is 0.291 e. The molecule has 0 spiro atoms. The maximum absolute atomic E-state index is 12.0. The van der Waals surface area contributed by atoms with Gasteiger partial charge in [-0.3, -0.25) is 24.5 Å². The molecule has 1 unspecified atom stereocenters. The van der Waals surface area contributed by atoms with Crippen LogP contribution in [0.5, 0.6) is 0 Å². The van der Waals surface area contributed by atoms with Crippen LogP contribution < -0.4 is 10.2 Å². The molecule has 30 heavy (non-hydrogen) atoms. The number of carbonyl (C=O) groups excluding carboxylic acids is 2. The number of pyridine rings is 1. The van der Waals surface area contributed by atoms with Crippen LogP contribution in [0.15, 0.2) is 45.0 Å². The van der Waals surface area contributed by atoms with Crippen molar-refractivity contribution in [2.45, 2.75) is 19.5 Å². The second kappa shape index (κ2) is 8.66. The fourth-order valence-electron chi connectivity index (χ4n) is 3.71. The lowest BCUT2D eigenvalue weighted by Gasteiger charge is -2.36. The molecule has 0 radical (unpaired) electrons. The van der Waals surface area contributed by atoms with Crippen molar-refractivity contribution < 1.29 is 9.59 Å². The monoisotopic (exact) mass is 407 g/mol. The van der Waals surface area contributed by atoms with E-state index in [0.29, 0.717) is 23.5 Å². The lowest BCUT2D eigenvalue weighted by molar-refractivity contribution is -0.112. The zero-order chi connectivity index (χ0) is 21.1. The van der Waals surface area contributed by atoms with Gasteiger partial charge >= 0.3 is 0 Å². The molecule has 4 rings (SSSR count). The van der Waals surface area contributed by atoms with Crippen molar-refractivity contribution in [1.29, 1.82) is 0 Å². The number of piperazine rings is 1. The molecular weight excluding hydrogens is 382 g/mol. The summed E-state index contributed by atoms with van der Waals surface area (Å²) in [6.07, 6.45) is 5.75. The molecule has 0 saturated carbocycles. The Balaban J connectivity index is 1.33. The molecule has 1 saturated heterocycles. The van der Waals surface area contributed by atoms with Crippen molar-refractivity contribution in [3.05, 3.63) is 35.7 Å². The van der Waals surface area contributed by atoms with Crippen LogP contribution in [0, 0.1) is 0 Å². The standard InChI is InChI=1S/C21H25N7O2/c1-3-16-21(30)26-18-10-14(11-24-19(18)25-16)13-27-6-8-28(9-7-27)15-4-5-17(23-12-15)20(29)22-2/h4-5,10-12,19H,3,6-9,13H2,1-2H3,(H,22,29). The van der Waals surface area contributed by atoms with Crippen molar-refractivity contribution in [3.8, 4) is 0 Å². The number of rotatable bonds is 5. The van der Waals surface area contributed by atoms with Gasteiger partial charge < -0.3 is 10.2 Å². The molecule has 9 heteroatoms. The van der Waals surface area contributed by atoms with E-state index in [2.05, 4.69) is 35.1 Å². The summed E-state index contributed by atoms with van der Waals surface area (Å²) in [6, 6.07) is 3.69. The van der Waals surface area contributed by atoms with Crippen molar-refractivity contribution in [1.82, 2.24) is 15.2 Å². The minimum atomic E-state index is -0.372. The zero-order valence-electron chi connectivity index (χ0n) is 17.2. The number of amides is 2. The van der Waals surface area contributed by atoms with E-state index < -0.39 is 0 Å². The van der Waals surface area contributed by atoms with Gasteiger partial charge in [0.05, 0.1) is 17.6 Å². The number of aromatic nitrogens is 1. The van der Waals surface area contributed by atoms with E-state index in [9.17, 15) is 9.59 Å². The molecule has 9 nitrogen and oxygen atoms in total. The third-order valence-electron chi connectivity index (χ3n) is 5.42. The van der Waals surface area contributed by atoms with E-state index in [1.807, 2.05) is 25.3 Å². The van der Waals surface area contributed by atoms with Crippen LogP contribution in [0.2, 0.25) is 0 Å². The van der Waals surface area contributed by atoms with Gasteiger partial charge in [-0.2, -0.15) is 0 Å². The molecule has 0 aromatic carbocycles. The summed E-state index contributed by atoms with van der Waals surface area (Å²) in [6.45, 7) is 6.20. The lowest BCUT2D eigenvalue weighted by Crippen LogP contribution is -2.47. The van der Waals surface area contributed by atoms with Crippen LogP contribution in [0.1, 0.15) is 23.8 Å². The van der Waals surface area contributed by atoms with Crippen LogP contribution in [-0.2, 0) is 4.79 Å². The number of aliphatic imine (C=N–C) groups is 3. The smallest absolute Gasteiger partial charge is 0.291 e. The normalized spacial score (nSPS) is 21.5. The first kappa shape index (κ1) is 20.1. The molecule has 156 valence electrons. The summed E-state index contributed by atoms with van der Waals surface area (Å²) in [5.74, 6) is -0.432. The molecule has 4 heterocycles. The Morgan fingerprint density at radius 2 is 2.03 bits per heavy atom. The van der Waals surface area contributed by atoms with Gasteiger partial charge in [0.15, 0.2) is 6.17 Å². The quantitative estimate of drug-likeness (QED) is 0.775. The van der Waals surface area contributed by atoms with Gasteiger partial charge in [-0.25, -0.2) is 9.98 Å². The van der Waals surface area contributed by atoms with E-state index >= 15 is 0 Å². The van der Waals surface area contributed by atoms with Gasteiger partial charge in [-0.1, -0.05) is 6.92 Å². The molecule has 0 bridgehead atoms. The van der Waals surface area contributed by atoms with E-state index in [1.54, 1.807) is 19.3 Å². The summed E-state index contributed by atoms with van der Waals surface area (Å²) in [5, 5.41) is 2.58. The Hall–Kier alpha value is -3.20. The van der Waals surface area contributed by atoms with Crippen molar-refractivity contribution in [2.24, 2.45) is 15.0 Å². The van der Waals surface area contributed by atoms with Crippen molar-refractivity contribution >= 4 is 35.1 Å². The molecule has 1 aromatic rings. The van der Waals surface area contributed by atoms with Crippen LogP contribution in [0.3, 0.4) is 0 Å². The summed E-state index contributed by atoms with van der Waals surface area (Å²) >= 11 is 0. The average molecular weight is 407 g/mol. The van der Waals surface area contributed by atoms with Gasteiger partial charge in [-0.05, 0) is 30.2 Å². The largest absolute Gasteiger partial charge is 0.368 e. The Bertz CT molecular complexity index is 954. The molecule has 0 aliphatic carbocycles. The van der Waals surface area contributed by atoms with Gasteiger partial charge in [0, 0.05) is 46.0 Å². The first-order valence-electron chi connectivity index (χ1n) is 10.2. The third kappa shape index (κ3) is 4.20. The van der Waals surface area contributed by atoms with Gasteiger partial charge in [0.1, 0.15) is 11.4 Å². The molecule has 1 fully saturated rings. The van der Waals surface area contributed by atoms with Crippen LogP contribution in [0.25, 0.3) is 0 Å². The van der Waals surface area contributed by atoms with Crippen LogP contribution in [0.4, 0.5) is 5.69 Å². The van der Waals surface area contributed by atoms with E-state index in [4.69, 9.17) is 0 Å². The summed E-state index contributed by atoms with van der Waals surface area (Å²) in [4.78, 5) is 45.5. The fraction of sp³-hybridized carbons (Fsp3) is 0.429. The molecule has 3 aliphatic heterocycles. The summed E-state index contributed by atoms with van der Waals surface area (Å²) < 4.78 is 0. The van der Waals surface area contributed by atoms with Crippen molar-refractivity contribution in [2.75, 3.05) is 44.7 Å². The first-order valence-corrected chi connectivity index (χ1v) is 10.2. The highest BCUT2D eigenvalue weighted by Gasteiger charge is 2.26. The van der Waals surface area contributed by atoms with Gasteiger partial charge in [-0.15, -0.1) is 0 Å². The number of nitrogens with one attached hydrogen (secondary N) is 1. The maximum atomic E-state index is 12.0. The molecule has 3 aliphatic rings. The average Bonchev–Trinajstić information content (AvgIpc) is 2.78.